The molecule has 0 atom stereocenters. The third-order valence-corrected chi connectivity index (χ3v) is 4.17. The first kappa shape index (κ1) is 14.7. The van der Waals surface area contributed by atoms with Gasteiger partial charge in [0.2, 0.25) is 0 Å². The average molecular weight is 308 g/mol. The Labute approximate surface area is 134 Å². The Morgan fingerprint density at radius 1 is 0.909 bits per heavy atom. The lowest BCUT2D eigenvalue weighted by molar-refractivity contribution is 0.101. The van der Waals surface area contributed by atoms with Crippen molar-refractivity contribution in [1.29, 1.82) is 0 Å². The van der Waals surface area contributed by atoms with E-state index >= 15 is 0 Å². The molecule has 0 aliphatic heterocycles. The van der Waals surface area contributed by atoms with Gasteiger partial charge in [-0.1, -0.05) is 72.4 Å². The van der Waals surface area contributed by atoms with Crippen LogP contribution in [0.4, 0.5) is 0 Å². The molecular weight excluding hydrogens is 292 g/mol. The molecule has 3 rings (SSSR count). The predicted octanol–water partition coefficient (Wildman–Crippen LogP) is 5.54. The zero-order valence-corrected chi connectivity index (χ0v) is 13.3. The second-order valence-corrected chi connectivity index (χ2v) is 5.74. The second kappa shape index (κ2) is 6.24. The van der Waals surface area contributed by atoms with Crippen LogP contribution in [0.2, 0.25) is 0 Å². The highest BCUT2D eigenvalue weighted by molar-refractivity contribution is 7.98. The molecule has 3 aromatic rings. The van der Waals surface area contributed by atoms with Gasteiger partial charge in [-0.3, -0.25) is 4.79 Å². The number of Topliss-reactive ketones (excluding diaryl/α,β-unsaturated/α-hetero) is 1. The van der Waals surface area contributed by atoms with Crippen LogP contribution < -0.4 is 0 Å². The average Bonchev–Trinajstić information content (AvgIpc) is 2.96. The van der Waals surface area contributed by atoms with Crippen LogP contribution in [0.3, 0.4) is 0 Å². The van der Waals surface area contributed by atoms with Crippen molar-refractivity contribution >= 4 is 17.5 Å². The van der Waals surface area contributed by atoms with E-state index in [0.717, 1.165) is 21.8 Å². The highest BCUT2D eigenvalue weighted by Crippen LogP contribution is 2.42. The molecule has 1 heterocycles. The molecule has 0 N–H and O–H groups in total. The van der Waals surface area contributed by atoms with Crippen molar-refractivity contribution in [3.63, 3.8) is 0 Å². The second-order valence-electron chi connectivity index (χ2n) is 4.96. The minimum absolute atomic E-state index is 0.0155. The molecule has 0 bridgehead atoms. The molecule has 2 nitrogen and oxygen atoms in total. The molecule has 0 spiro atoms. The van der Waals surface area contributed by atoms with E-state index in [1.165, 1.54) is 11.8 Å². The van der Waals surface area contributed by atoms with Crippen molar-refractivity contribution in [2.45, 2.75) is 12.0 Å². The van der Waals surface area contributed by atoms with E-state index in [2.05, 4.69) is 0 Å². The molecule has 0 unspecified atom stereocenters. The Morgan fingerprint density at radius 3 is 1.95 bits per heavy atom. The van der Waals surface area contributed by atoms with Crippen molar-refractivity contribution < 1.29 is 9.21 Å². The monoisotopic (exact) mass is 308 g/mol. The van der Waals surface area contributed by atoms with Gasteiger partial charge in [0.25, 0.3) is 0 Å². The number of thioether (sulfide) groups is 1. The van der Waals surface area contributed by atoms with Crippen molar-refractivity contribution in [3.8, 4) is 22.5 Å². The zero-order valence-electron chi connectivity index (χ0n) is 12.5. The summed E-state index contributed by atoms with van der Waals surface area (Å²) in [7, 11) is 0. The summed E-state index contributed by atoms with van der Waals surface area (Å²) in [6, 6.07) is 19.7. The fourth-order valence-electron chi connectivity index (χ4n) is 2.55. The molecule has 0 radical (unpaired) electrons. The Balaban J connectivity index is 2.30. The van der Waals surface area contributed by atoms with Crippen LogP contribution in [0.25, 0.3) is 22.5 Å². The third-order valence-electron chi connectivity index (χ3n) is 3.51. The molecule has 1 aromatic heterocycles. The summed E-state index contributed by atoms with van der Waals surface area (Å²) in [4.78, 5) is 12.3. The minimum Gasteiger partial charge on any atom is -0.448 e. The van der Waals surface area contributed by atoms with E-state index in [1.54, 1.807) is 6.92 Å². The fraction of sp³-hybridized carbons (Fsp3) is 0.105. The van der Waals surface area contributed by atoms with Crippen molar-refractivity contribution in [3.05, 3.63) is 66.2 Å². The normalized spacial score (nSPS) is 10.6. The number of hydrogen-bond donors (Lipinski definition) is 0. The highest BCUT2D eigenvalue weighted by atomic mass is 32.2. The Morgan fingerprint density at radius 2 is 1.45 bits per heavy atom. The lowest BCUT2D eigenvalue weighted by Gasteiger charge is -2.03. The van der Waals surface area contributed by atoms with Crippen LogP contribution in [0.1, 0.15) is 17.3 Å². The summed E-state index contributed by atoms with van der Waals surface area (Å²) in [6.07, 6.45) is 1.96. The standard InChI is InChI=1S/C19H16O2S/c1-13(20)16-17(14-9-5-3-6-10-14)19(22-2)21-18(16)15-11-7-4-8-12-15/h3-12H,1-2H3. The number of rotatable bonds is 4. The van der Waals surface area contributed by atoms with Crippen LogP contribution in [0.5, 0.6) is 0 Å². The zero-order chi connectivity index (χ0) is 15.5. The number of benzene rings is 2. The third kappa shape index (κ3) is 2.60. The van der Waals surface area contributed by atoms with E-state index in [-0.39, 0.29) is 5.78 Å². The lowest BCUT2D eigenvalue weighted by Crippen LogP contribution is -1.95. The van der Waals surface area contributed by atoms with Gasteiger partial charge in [-0.2, -0.15) is 0 Å². The molecule has 110 valence electrons. The van der Waals surface area contributed by atoms with Crippen LogP contribution in [-0.2, 0) is 0 Å². The van der Waals surface area contributed by atoms with E-state index in [0.29, 0.717) is 11.3 Å². The van der Waals surface area contributed by atoms with Crippen LogP contribution in [-0.4, -0.2) is 12.0 Å². The van der Waals surface area contributed by atoms with Crippen molar-refractivity contribution in [2.75, 3.05) is 6.26 Å². The summed E-state index contributed by atoms with van der Waals surface area (Å²) in [5.74, 6) is 0.665. The Kier molecular flexibility index (Phi) is 4.16. The molecule has 2 aromatic carbocycles. The van der Waals surface area contributed by atoms with Crippen LogP contribution in [0.15, 0.2) is 70.2 Å². The van der Waals surface area contributed by atoms with Crippen LogP contribution in [0, 0.1) is 0 Å². The summed E-state index contributed by atoms with van der Waals surface area (Å²) in [6.45, 7) is 1.59. The Hall–Kier alpha value is -2.26. The van der Waals surface area contributed by atoms with Gasteiger partial charge >= 0.3 is 0 Å². The Bertz CT molecular complexity index is 789. The predicted molar refractivity (Wildman–Crippen MR) is 91.4 cm³/mol. The molecule has 0 saturated heterocycles. The first-order chi connectivity index (χ1) is 10.7. The number of hydrogen-bond acceptors (Lipinski definition) is 3. The summed E-state index contributed by atoms with van der Waals surface area (Å²) >= 11 is 1.52. The van der Waals surface area contributed by atoms with Gasteiger partial charge in [-0.15, -0.1) is 0 Å². The SMILES string of the molecule is CSc1oc(-c2ccccc2)c(C(C)=O)c1-c1ccccc1. The summed E-state index contributed by atoms with van der Waals surface area (Å²) in [5.41, 5.74) is 3.47. The van der Waals surface area contributed by atoms with Crippen molar-refractivity contribution in [1.82, 2.24) is 0 Å². The molecule has 0 aliphatic rings. The first-order valence-corrected chi connectivity index (χ1v) is 8.27. The maximum absolute atomic E-state index is 12.3. The fourth-order valence-corrected chi connectivity index (χ4v) is 3.14. The number of furan rings is 1. The lowest BCUT2D eigenvalue weighted by atomic mass is 9.98. The molecule has 0 saturated carbocycles. The largest absolute Gasteiger partial charge is 0.448 e. The number of ketones is 1. The van der Waals surface area contributed by atoms with Crippen molar-refractivity contribution in [2.24, 2.45) is 0 Å². The van der Waals surface area contributed by atoms with E-state index in [9.17, 15) is 4.79 Å². The number of carbonyl (C=O) groups is 1. The summed E-state index contributed by atoms with van der Waals surface area (Å²) < 4.78 is 6.04. The molecule has 0 aliphatic carbocycles. The molecule has 22 heavy (non-hydrogen) atoms. The van der Waals surface area contributed by atoms with Gasteiger partial charge in [0.15, 0.2) is 10.9 Å². The van der Waals surface area contributed by atoms with Gasteiger partial charge in [-0.25, -0.2) is 0 Å². The van der Waals surface area contributed by atoms with Gasteiger partial charge in [0.05, 0.1) is 5.56 Å². The van der Waals surface area contributed by atoms with E-state index < -0.39 is 0 Å². The summed E-state index contributed by atoms with van der Waals surface area (Å²) in [5, 5.41) is 0.773. The van der Waals surface area contributed by atoms with Gasteiger partial charge in [0.1, 0.15) is 5.76 Å². The smallest absolute Gasteiger partial charge is 0.169 e. The highest BCUT2D eigenvalue weighted by Gasteiger charge is 2.24. The molecular formula is C19H16O2S. The van der Waals surface area contributed by atoms with Crippen LogP contribution >= 0.6 is 11.8 Å². The van der Waals surface area contributed by atoms with E-state index in [4.69, 9.17) is 4.42 Å². The van der Waals surface area contributed by atoms with Gasteiger partial charge in [-0.05, 0) is 18.7 Å². The molecule has 3 heteroatoms. The quantitative estimate of drug-likeness (QED) is 0.468. The number of carbonyl (C=O) groups excluding carboxylic acids is 1. The van der Waals surface area contributed by atoms with Gasteiger partial charge < -0.3 is 4.42 Å². The molecule has 0 amide bonds. The van der Waals surface area contributed by atoms with E-state index in [1.807, 2.05) is 66.9 Å². The topological polar surface area (TPSA) is 30.2 Å². The minimum atomic E-state index is 0.0155. The maximum atomic E-state index is 12.3. The first-order valence-electron chi connectivity index (χ1n) is 7.05. The molecule has 0 fully saturated rings. The van der Waals surface area contributed by atoms with Gasteiger partial charge in [0, 0.05) is 11.1 Å². The maximum Gasteiger partial charge on any atom is 0.169 e.